The van der Waals surface area contributed by atoms with E-state index in [0.717, 1.165) is 55.3 Å². The van der Waals surface area contributed by atoms with Crippen molar-refractivity contribution >= 4 is 27.6 Å². The van der Waals surface area contributed by atoms with Crippen molar-refractivity contribution in [3.05, 3.63) is 40.1 Å². The number of nitrogens with one attached hydrogen (secondary N) is 2. The Hall–Kier alpha value is -2.88. The maximum absolute atomic E-state index is 12.8. The van der Waals surface area contributed by atoms with E-state index in [1.165, 1.54) is 28.9 Å². The molecule has 2 aliphatic rings. The van der Waals surface area contributed by atoms with Crippen LogP contribution in [-0.2, 0) is 42.8 Å². The number of benzene rings is 1. The summed E-state index contributed by atoms with van der Waals surface area (Å²) in [7, 11) is -2.74. The lowest BCUT2D eigenvalue weighted by molar-refractivity contribution is 0.0762. The number of carbonyl (C=O) groups excluding carboxylic acids is 2. The van der Waals surface area contributed by atoms with Crippen molar-refractivity contribution in [3.8, 4) is 0 Å². The van der Waals surface area contributed by atoms with Crippen molar-refractivity contribution in [3.63, 3.8) is 0 Å². The van der Waals surface area contributed by atoms with E-state index in [1.807, 2.05) is 13.8 Å². The molecule has 9 nitrogen and oxygen atoms in total. The number of anilines is 1. The highest BCUT2D eigenvalue weighted by Crippen LogP contribution is 2.38. The summed E-state index contributed by atoms with van der Waals surface area (Å²) in [6.07, 6.45) is 5.78. The molecule has 0 saturated carbocycles. The van der Waals surface area contributed by atoms with Gasteiger partial charge < -0.3 is 10.2 Å². The SMILES string of the molecule is CCN(CC)C(=O)c1cc(S(=O)(=O)NC(=O)Nc2c3c(cc4c2CCC4)CCC3)nn1C. The smallest absolute Gasteiger partial charge is 0.333 e. The van der Waals surface area contributed by atoms with E-state index < -0.39 is 16.1 Å². The lowest BCUT2D eigenvalue weighted by Gasteiger charge is -2.18. The molecule has 0 fully saturated rings. The second-order valence-corrected chi connectivity index (χ2v) is 9.89. The summed E-state index contributed by atoms with van der Waals surface area (Å²) in [4.78, 5) is 26.9. The molecular weight excluding hydrogens is 430 g/mol. The zero-order valence-corrected chi connectivity index (χ0v) is 19.5. The second-order valence-electron chi connectivity index (χ2n) is 8.26. The quantitative estimate of drug-likeness (QED) is 0.689. The average Bonchev–Trinajstić information content (AvgIpc) is 3.47. The van der Waals surface area contributed by atoms with Crippen LogP contribution in [0, 0.1) is 0 Å². The first-order valence-electron chi connectivity index (χ1n) is 11.1. The van der Waals surface area contributed by atoms with Crippen LogP contribution in [0.25, 0.3) is 0 Å². The highest BCUT2D eigenvalue weighted by atomic mass is 32.2. The highest BCUT2D eigenvalue weighted by molar-refractivity contribution is 7.90. The van der Waals surface area contributed by atoms with Gasteiger partial charge in [-0.3, -0.25) is 9.48 Å². The summed E-state index contributed by atoms with van der Waals surface area (Å²) in [6.45, 7) is 4.68. The molecule has 2 aliphatic carbocycles. The number of rotatable bonds is 6. The van der Waals surface area contributed by atoms with Gasteiger partial charge in [0.05, 0.1) is 0 Å². The Labute approximate surface area is 188 Å². The molecule has 0 aliphatic heterocycles. The van der Waals surface area contributed by atoms with E-state index in [0.29, 0.717) is 13.1 Å². The summed E-state index contributed by atoms with van der Waals surface area (Å²) < 4.78 is 28.9. The first-order valence-corrected chi connectivity index (χ1v) is 12.6. The molecule has 4 rings (SSSR count). The summed E-state index contributed by atoms with van der Waals surface area (Å²) in [5, 5.41) is 6.41. The van der Waals surface area contributed by atoms with Crippen molar-refractivity contribution in [2.24, 2.45) is 7.05 Å². The van der Waals surface area contributed by atoms with Crippen LogP contribution < -0.4 is 10.0 Å². The molecule has 2 aromatic rings. The lowest BCUT2D eigenvalue weighted by atomic mass is 9.99. The maximum Gasteiger partial charge on any atom is 0.333 e. The minimum absolute atomic E-state index is 0.146. The molecule has 0 saturated heterocycles. The molecule has 0 bridgehead atoms. The number of amides is 3. The Kier molecular flexibility index (Phi) is 5.98. The van der Waals surface area contributed by atoms with E-state index in [4.69, 9.17) is 0 Å². The predicted molar refractivity (Wildman–Crippen MR) is 120 cm³/mol. The molecule has 10 heteroatoms. The number of carbonyl (C=O) groups is 2. The Morgan fingerprint density at radius 2 is 1.62 bits per heavy atom. The molecule has 1 aromatic carbocycles. The van der Waals surface area contributed by atoms with E-state index in [1.54, 1.807) is 4.90 Å². The number of hydrogen-bond acceptors (Lipinski definition) is 5. The zero-order valence-electron chi connectivity index (χ0n) is 18.7. The van der Waals surface area contributed by atoms with Gasteiger partial charge in [0.1, 0.15) is 5.69 Å². The second kappa shape index (κ2) is 8.57. The number of hydrogen-bond donors (Lipinski definition) is 2. The predicted octanol–water partition coefficient (Wildman–Crippen LogP) is 2.39. The van der Waals surface area contributed by atoms with Gasteiger partial charge in [-0.1, -0.05) is 6.07 Å². The molecule has 0 atom stereocenters. The molecular formula is C22H29N5O4S. The van der Waals surface area contributed by atoms with E-state index in [9.17, 15) is 18.0 Å². The van der Waals surface area contributed by atoms with Crippen LogP contribution in [0.2, 0.25) is 0 Å². The molecule has 0 spiro atoms. The maximum atomic E-state index is 12.8. The van der Waals surface area contributed by atoms with Crippen LogP contribution in [0.1, 0.15) is 59.4 Å². The van der Waals surface area contributed by atoms with Gasteiger partial charge in [-0.25, -0.2) is 9.52 Å². The van der Waals surface area contributed by atoms with Crippen LogP contribution in [0.3, 0.4) is 0 Å². The molecule has 1 heterocycles. The van der Waals surface area contributed by atoms with Crippen LogP contribution >= 0.6 is 0 Å². The standard InChI is InChI=1S/C22H29N5O4S/c1-4-27(5-2)21(28)18-13-19(24-26(18)3)32(30,31)25-22(29)23-20-16-10-6-8-14(16)12-15-9-7-11-17(15)20/h12-13H,4-11H2,1-3H3,(H2,23,25,29). The minimum Gasteiger partial charge on any atom is -0.338 e. The van der Waals surface area contributed by atoms with Crippen LogP contribution in [-0.4, -0.2) is 48.1 Å². The number of nitrogens with zero attached hydrogens (tertiary/aromatic N) is 3. The van der Waals surface area contributed by atoms with Gasteiger partial charge >= 0.3 is 6.03 Å². The molecule has 172 valence electrons. The summed E-state index contributed by atoms with van der Waals surface area (Å²) in [6, 6.07) is 2.63. The fourth-order valence-corrected chi connectivity index (χ4v) is 5.62. The Morgan fingerprint density at radius 3 is 2.19 bits per heavy atom. The first-order chi connectivity index (χ1) is 15.2. The van der Waals surface area contributed by atoms with Gasteiger partial charge in [0.15, 0.2) is 5.03 Å². The Bertz CT molecular complexity index is 1150. The minimum atomic E-state index is -4.25. The van der Waals surface area contributed by atoms with Crippen molar-refractivity contribution in [2.45, 2.75) is 57.4 Å². The summed E-state index contributed by atoms with van der Waals surface area (Å²) >= 11 is 0. The fraction of sp³-hybridized carbons (Fsp3) is 0.500. The number of aromatic nitrogens is 2. The van der Waals surface area contributed by atoms with Gasteiger partial charge in [0.25, 0.3) is 15.9 Å². The Balaban J connectivity index is 1.55. The third-order valence-electron chi connectivity index (χ3n) is 6.34. The molecule has 0 radical (unpaired) electrons. The fourth-order valence-electron chi connectivity index (χ4n) is 4.73. The highest BCUT2D eigenvalue weighted by Gasteiger charge is 2.28. The number of fused-ring (bicyclic) bond motifs is 2. The van der Waals surface area contributed by atoms with E-state index in [-0.39, 0.29) is 16.6 Å². The van der Waals surface area contributed by atoms with Gasteiger partial charge in [-0.15, -0.1) is 0 Å². The van der Waals surface area contributed by atoms with Crippen molar-refractivity contribution in [1.29, 1.82) is 0 Å². The summed E-state index contributed by atoms with van der Waals surface area (Å²) in [5.74, 6) is -0.314. The number of sulfonamides is 1. The third-order valence-corrected chi connectivity index (χ3v) is 7.55. The van der Waals surface area contributed by atoms with Gasteiger partial charge in [-0.2, -0.15) is 13.5 Å². The normalized spacial score (nSPS) is 14.7. The topological polar surface area (TPSA) is 113 Å². The van der Waals surface area contributed by atoms with Crippen molar-refractivity contribution < 1.29 is 18.0 Å². The van der Waals surface area contributed by atoms with Crippen molar-refractivity contribution in [2.75, 3.05) is 18.4 Å². The molecule has 32 heavy (non-hydrogen) atoms. The van der Waals surface area contributed by atoms with Crippen LogP contribution in [0.5, 0.6) is 0 Å². The van der Waals surface area contributed by atoms with E-state index in [2.05, 4.69) is 21.2 Å². The van der Waals surface area contributed by atoms with E-state index >= 15 is 0 Å². The largest absolute Gasteiger partial charge is 0.338 e. The average molecular weight is 460 g/mol. The number of urea groups is 1. The molecule has 2 N–H and O–H groups in total. The van der Waals surface area contributed by atoms with Gasteiger partial charge in [0.2, 0.25) is 0 Å². The molecule has 3 amide bonds. The summed E-state index contributed by atoms with van der Waals surface area (Å²) in [5.41, 5.74) is 5.62. The van der Waals surface area contributed by atoms with Crippen molar-refractivity contribution in [1.82, 2.24) is 19.4 Å². The molecule has 0 unspecified atom stereocenters. The van der Waals surface area contributed by atoms with Gasteiger partial charge in [-0.05, 0) is 74.6 Å². The first kappa shape index (κ1) is 22.3. The van der Waals surface area contributed by atoms with Crippen LogP contribution in [0.4, 0.5) is 10.5 Å². The van der Waals surface area contributed by atoms with Crippen LogP contribution in [0.15, 0.2) is 17.2 Å². The van der Waals surface area contributed by atoms with Gasteiger partial charge in [0, 0.05) is 31.9 Å². The Morgan fingerprint density at radius 1 is 1.03 bits per heavy atom. The molecule has 1 aromatic heterocycles. The number of aryl methyl sites for hydroxylation is 3. The third kappa shape index (κ3) is 3.99. The zero-order chi connectivity index (χ0) is 23.0. The lowest BCUT2D eigenvalue weighted by Crippen LogP contribution is -2.35. The monoisotopic (exact) mass is 459 g/mol.